The van der Waals surface area contributed by atoms with Crippen molar-refractivity contribution >= 4 is 29.0 Å². The Morgan fingerprint density at radius 2 is 1.75 bits per heavy atom. The van der Waals surface area contributed by atoms with Crippen molar-refractivity contribution < 1.29 is 4.79 Å². The van der Waals surface area contributed by atoms with Crippen molar-refractivity contribution in [1.82, 2.24) is 4.90 Å². The van der Waals surface area contributed by atoms with E-state index in [1.165, 1.54) is 0 Å². The standard InChI is InChI=1S/C16H15Cl2NO/c1-19(2)10-12-5-3-4-6-13(12)16(20)11-7-8-14(17)15(18)9-11/h3-9H,10H2,1-2H3. The first-order valence-electron chi connectivity index (χ1n) is 6.21. The van der Waals surface area contributed by atoms with Crippen LogP contribution in [0.3, 0.4) is 0 Å². The van der Waals surface area contributed by atoms with E-state index in [9.17, 15) is 4.79 Å². The first-order valence-corrected chi connectivity index (χ1v) is 6.97. The normalized spacial score (nSPS) is 10.8. The molecule has 0 saturated heterocycles. The van der Waals surface area contributed by atoms with Gasteiger partial charge in [-0.05, 0) is 37.9 Å². The van der Waals surface area contributed by atoms with Crippen molar-refractivity contribution in [1.29, 1.82) is 0 Å². The molecule has 0 saturated carbocycles. The van der Waals surface area contributed by atoms with Crippen LogP contribution < -0.4 is 0 Å². The predicted molar refractivity (Wildman–Crippen MR) is 83.7 cm³/mol. The maximum absolute atomic E-state index is 12.6. The lowest BCUT2D eigenvalue weighted by atomic mass is 9.98. The molecule has 0 N–H and O–H groups in total. The zero-order chi connectivity index (χ0) is 14.7. The highest BCUT2D eigenvalue weighted by Crippen LogP contribution is 2.24. The van der Waals surface area contributed by atoms with Gasteiger partial charge in [0, 0.05) is 17.7 Å². The second-order valence-electron chi connectivity index (χ2n) is 4.85. The molecule has 0 fully saturated rings. The minimum atomic E-state index is -0.0407. The molecule has 0 heterocycles. The minimum Gasteiger partial charge on any atom is -0.305 e. The Kier molecular flexibility index (Phi) is 4.81. The number of rotatable bonds is 4. The molecule has 0 atom stereocenters. The summed E-state index contributed by atoms with van der Waals surface area (Å²) in [7, 11) is 3.95. The Morgan fingerprint density at radius 1 is 1.05 bits per heavy atom. The van der Waals surface area contributed by atoms with E-state index in [2.05, 4.69) is 0 Å². The smallest absolute Gasteiger partial charge is 0.193 e. The maximum atomic E-state index is 12.6. The molecule has 0 amide bonds. The van der Waals surface area contributed by atoms with Crippen molar-refractivity contribution in [3.05, 3.63) is 69.2 Å². The van der Waals surface area contributed by atoms with Gasteiger partial charge in [0.15, 0.2) is 5.78 Å². The summed E-state index contributed by atoms with van der Waals surface area (Å²) >= 11 is 11.9. The second-order valence-corrected chi connectivity index (χ2v) is 5.67. The van der Waals surface area contributed by atoms with Crippen LogP contribution in [-0.4, -0.2) is 24.8 Å². The second kappa shape index (κ2) is 6.40. The van der Waals surface area contributed by atoms with Crippen LogP contribution in [-0.2, 0) is 6.54 Å². The number of ketones is 1. The number of nitrogens with zero attached hydrogens (tertiary/aromatic N) is 1. The minimum absolute atomic E-state index is 0.0407. The van der Waals surface area contributed by atoms with Crippen molar-refractivity contribution in [3.63, 3.8) is 0 Å². The first kappa shape index (κ1) is 15.0. The van der Waals surface area contributed by atoms with Gasteiger partial charge in [-0.15, -0.1) is 0 Å². The molecule has 0 aliphatic carbocycles. The Bertz CT molecular complexity index is 638. The van der Waals surface area contributed by atoms with Crippen LogP contribution in [0.5, 0.6) is 0 Å². The summed E-state index contributed by atoms with van der Waals surface area (Å²) in [6.07, 6.45) is 0. The van der Waals surface area contributed by atoms with Crippen LogP contribution >= 0.6 is 23.2 Å². The molecule has 0 aromatic heterocycles. The number of hydrogen-bond donors (Lipinski definition) is 0. The molecule has 2 rings (SSSR count). The topological polar surface area (TPSA) is 20.3 Å². The van der Waals surface area contributed by atoms with Crippen LogP contribution in [0.25, 0.3) is 0 Å². The summed E-state index contributed by atoms with van der Waals surface area (Å²) < 4.78 is 0. The quantitative estimate of drug-likeness (QED) is 0.786. The zero-order valence-corrected chi connectivity index (χ0v) is 12.9. The molecule has 0 aliphatic heterocycles. The van der Waals surface area contributed by atoms with Gasteiger partial charge in [-0.3, -0.25) is 4.79 Å². The monoisotopic (exact) mass is 307 g/mol. The molecule has 20 heavy (non-hydrogen) atoms. The van der Waals surface area contributed by atoms with E-state index in [-0.39, 0.29) is 5.78 Å². The van der Waals surface area contributed by atoms with Crippen LogP contribution in [0.1, 0.15) is 21.5 Å². The fourth-order valence-corrected chi connectivity index (χ4v) is 2.31. The van der Waals surface area contributed by atoms with E-state index >= 15 is 0 Å². The average Bonchev–Trinajstić information content (AvgIpc) is 2.41. The Hall–Kier alpha value is -1.35. The van der Waals surface area contributed by atoms with E-state index in [0.717, 1.165) is 5.56 Å². The fourth-order valence-electron chi connectivity index (χ4n) is 2.01. The number of carbonyl (C=O) groups excluding carboxylic acids is 1. The number of benzene rings is 2. The van der Waals surface area contributed by atoms with Crippen LogP contribution in [0.4, 0.5) is 0 Å². The lowest BCUT2D eigenvalue weighted by Crippen LogP contribution is -2.14. The molecule has 0 spiro atoms. The van der Waals surface area contributed by atoms with E-state index < -0.39 is 0 Å². The summed E-state index contributed by atoms with van der Waals surface area (Å²) in [4.78, 5) is 14.6. The summed E-state index contributed by atoms with van der Waals surface area (Å²) in [6, 6.07) is 12.6. The van der Waals surface area contributed by atoms with E-state index in [1.54, 1.807) is 18.2 Å². The summed E-state index contributed by atoms with van der Waals surface area (Å²) in [5.41, 5.74) is 2.23. The Morgan fingerprint density at radius 3 is 2.40 bits per heavy atom. The number of hydrogen-bond acceptors (Lipinski definition) is 2. The summed E-state index contributed by atoms with van der Waals surface area (Å²) in [6.45, 7) is 0.712. The number of carbonyl (C=O) groups is 1. The van der Waals surface area contributed by atoms with Gasteiger partial charge in [0.2, 0.25) is 0 Å². The van der Waals surface area contributed by atoms with E-state index in [1.807, 2.05) is 43.3 Å². The highest BCUT2D eigenvalue weighted by Gasteiger charge is 2.14. The lowest BCUT2D eigenvalue weighted by Gasteiger charge is -2.13. The van der Waals surface area contributed by atoms with Crippen LogP contribution in [0, 0.1) is 0 Å². The maximum Gasteiger partial charge on any atom is 0.193 e. The third-order valence-electron chi connectivity index (χ3n) is 2.93. The molecule has 0 aliphatic rings. The van der Waals surface area contributed by atoms with Gasteiger partial charge < -0.3 is 4.90 Å². The van der Waals surface area contributed by atoms with Crippen LogP contribution in [0.2, 0.25) is 10.0 Å². The average molecular weight is 308 g/mol. The fraction of sp³-hybridized carbons (Fsp3) is 0.188. The molecule has 2 nitrogen and oxygen atoms in total. The van der Waals surface area contributed by atoms with Gasteiger partial charge in [0.05, 0.1) is 10.0 Å². The van der Waals surface area contributed by atoms with E-state index in [0.29, 0.717) is 27.7 Å². The van der Waals surface area contributed by atoms with Crippen molar-refractivity contribution in [2.75, 3.05) is 14.1 Å². The van der Waals surface area contributed by atoms with Gasteiger partial charge in [-0.25, -0.2) is 0 Å². The van der Waals surface area contributed by atoms with Crippen molar-refractivity contribution in [2.24, 2.45) is 0 Å². The molecule has 0 radical (unpaired) electrons. The van der Waals surface area contributed by atoms with Gasteiger partial charge in [0.1, 0.15) is 0 Å². The first-order chi connectivity index (χ1) is 9.49. The van der Waals surface area contributed by atoms with Gasteiger partial charge in [-0.1, -0.05) is 47.5 Å². The van der Waals surface area contributed by atoms with Crippen molar-refractivity contribution in [3.8, 4) is 0 Å². The summed E-state index contributed by atoms with van der Waals surface area (Å²) in [5, 5.41) is 0.840. The molecule has 0 bridgehead atoms. The van der Waals surface area contributed by atoms with E-state index in [4.69, 9.17) is 23.2 Å². The number of halogens is 2. The third-order valence-corrected chi connectivity index (χ3v) is 3.67. The van der Waals surface area contributed by atoms with Gasteiger partial charge in [-0.2, -0.15) is 0 Å². The predicted octanol–water partition coefficient (Wildman–Crippen LogP) is 4.29. The largest absolute Gasteiger partial charge is 0.305 e. The highest BCUT2D eigenvalue weighted by molar-refractivity contribution is 6.42. The Labute approximate surface area is 128 Å². The lowest BCUT2D eigenvalue weighted by molar-refractivity contribution is 0.103. The Balaban J connectivity index is 2.40. The molecular weight excluding hydrogens is 293 g/mol. The van der Waals surface area contributed by atoms with Gasteiger partial charge >= 0.3 is 0 Å². The molecular formula is C16H15Cl2NO. The molecule has 4 heteroatoms. The molecule has 2 aromatic carbocycles. The zero-order valence-electron chi connectivity index (χ0n) is 11.4. The molecule has 2 aromatic rings. The van der Waals surface area contributed by atoms with Gasteiger partial charge in [0.25, 0.3) is 0 Å². The van der Waals surface area contributed by atoms with Crippen molar-refractivity contribution in [2.45, 2.75) is 6.54 Å². The third kappa shape index (κ3) is 3.40. The van der Waals surface area contributed by atoms with Crippen LogP contribution in [0.15, 0.2) is 42.5 Å². The molecule has 0 unspecified atom stereocenters. The SMILES string of the molecule is CN(C)Cc1ccccc1C(=O)c1ccc(Cl)c(Cl)c1. The highest BCUT2D eigenvalue weighted by atomic mass is 35.5. The summed E-state index contributed by atoms with van der Waals surface area (Å²) in [5.74, 6) is -0.0407. The molecule has 104 valence electrons.